The van der Waals surface area contributed by atoms with Crippen LogP contribution in [0.5, 0.6) is 11.5 Å². The van der Waals surface area contributed by atoms with Gasteiger partial charge in [0.05, 0.1) is 0 Å². The summed E-state index contributed by atoms with van der Waals surface area (Å²) < 4.78 is 5.54. The van der Waals surface area contributed by atoms with Crippen molar-refractivity contribution in [1.82, 2.24) is 4.90 Å². The summed E-state index contributed by atoms with van der Waals surface area (Å²) in [6.07, 6.45) is 0.941. The third kappa shape index (κ3) is 1.55. The fourth-order valence-corrected chi connectivity index (χ4v) is 1.72. The molecule has 0 amide bonds. The van der Waals surface area contributed by atoms with Gasteiger partial charge in [0.1, 0.15) is 6.61 Å². The van der Waals surface area contributed by atoms with E-state index in [0.29, 0.717) is 18.4 Å². The first kappa shape index (κ1) is 9.34. The number of ether oxygens (including phenoxy) is 1. The molecule has 1 aliphatic heterocycles. The van der Waals surface area contributed by atoms with E-state index in [1.807, 2.05) is 26.2 Å². The molecule has 1 aliphatic rings. The zero-order valence-electron chi connectivity index (χ0n) is 8.53. The summed E-state index contributed by atoms with van der Waals surface area (Å²) in [5.41, 5.74) is 1.09. The van der Waals surface area contributed by atoms with Gasteiger partial charge >= 0.3 is 0 Å². The largest absolute Gasteiger partial charge is 0.504 e. The highest BCUT2D eigenvalue weighted by molar-refractivity contribution is 5.47. The molecule has 0 radical (unpaired) electrons. The van der Waals surface area contributed by atoms with Gasteiger partial charge in [0.25, 0.3) is 0 Å². The van der Waals surface area contributed by atoms with Crippen LogP contribution >= 0.6 is 0 Å². The molecule has 14 heavy (non-hydrogen) atoms. The van der Waals surface area contributed by atoms with Crippen molar-refractivity contribution in [1.29, 1.82) is 0 Å². The van der Waals surface area contributed by atoms with Gasteiger partial charge in [-0.05, 0) is 32.1 Å². The van der Waals surface area contributed by atoms with Gasteiger partial charge < -0.3 is 14.7 Å². The number of benzene rings is 1. The minimum Gasteiger partial charge on any atom is -0.504 e. The fourth-order valence-electron chi connectivity index (χ4n) is 1.72. The number of phenolic OH excluding ortho intramolecular Hbond substituents is 1. The average Bonchev–Trinajstić information content (AvgIpc) is 2.17. The van der Waals surface area contributed by atoms with Gasteiger partial charge in [0.15, 0.2) is 11.5 Å². The Morgan fingerprint density at radius 2 is 2.21 bits per heavy atom. The van der Waals surface area contributed by atoms with Crippen LogP contribution in [-0.2, 0) is 6.42 Å². The second-order valence-electron chi connectivity index (χ2n) is 3.90. The Balaban J connectivity index is 2.27. The van der Waals surface area contributed by atoms with Crippen LogP contribution in [0.3, 0.4) is 0 Å². The molecule has 0 spiro atoms. The highest BCUT2D eigenvalue weighted by Crippen LogP contribution is 2.34. The summed E-state index contributed by atoms with van der Waals surface area (Å²) >= 11 is 0. The van der Waals surface area contributed by atoms with Crippen LogP contribution in [0, 0.1) is 0 Å². The number of nitrogens with zero attached hydrogens (tertiary/aromatic N) is 1. The molecule has 0 fully saturated rings. The molecule has 2 rings (SSSR count). The van der Waals surface area contributed by atoms with E-state index < -0.39 is 0 Å². The van der Waals surface area contributed by atoms with Crippen molar-refractivity contribution < 1.29 is 9.84 Å². The van der Waals surface area contributed by atoms with Crippen molar-refractivity contribution in [3.05, 3.63) is 23.8 Å². The zero-order valence-corrected chi connectivity index (χ0v) is 8.53. The molecule has 0 saturated carbocycles. The number of likely N-dealkylation sites (N-methyl/N-ethyl adjacent to an activating group) is 1. The maximum absolute atomic E-state index is 9.54. The Hall–Kier alpha value is -1.22. The molecule has 3 heteroatoms. The van der Waals surface area contributed by atoms with E-state index in [1.54, 1.807) is 6.07 Å². The van der Waals surface area contributed by atoms with E-state index in [1.165, 1.54) is 0 Å². The van der Waals surface area contributed by atoms with Gasteiger partial charge in [-0.2, -0.15) is 0 Å². The number of fused-ring (bicyclic) bond motifs is 1. The van der Waals surface area contributed by atoms with E-state index in [2.05, 4.69) is 4.90 Å². The lowest BCUT2D eigenvalue weighted by molar-refractivity contribution is 0.160. The second kappa shape index (κ2) is 3.50. The maximum atomic E-state index is 9.54. The summed E-state index contributed by atoms with van der Waals surface area (Å²) in [5, 5.41) is 9.54. The first-order valence-corrected chi connectivity index (χ1v) is 4.78. The third-order valence-electron chi connectivity index (χ3n) is 2.68. The predicted molar refractivity (Wildman–Crippen MR) is 54.8 cm³/mol. The molecule has 1 unspecified atom stereocenters. The van der Waals surface area contributed by atoms with E-state index in [0.717, 1.165) is 12.0 Å². The van der Waals surface area contributed by atoms with Crippen molar-refractivity contribution in [2.45, 2.75) is 12.5 Å². The Bertz CT molecular complexity index is 336. The highest BCUT2D eigenvalue weighted by Gasteiger charge is 2.22. The molecule has 0 aliphatic carbocycles. The first-order valence-electron chi connectivity index (χ1n) is 4.78. The summed E-state index contributed by atoms with van der Waals surface area (Å²) in [4.78, 5) is 2.15. The summed E-state index contributed by atoms with van der Waals surface area (Å²) in [6.45, 7) is 0.650. The van der Waals surface area contributed by atoms with Crippen LogP contribution in [0.15, 0.2) is 18.2 Å². The summed E-state index contributed by atoms with van der Waals surface area (Å²) in [6, 6.07) is 5.93. The second-order valence-corrected chi connectivity index (χ2v) is 3.90. The van der Waals surface area contributed by atoms with Crippen molar-refractivity contribution >= 4 is 0 Å². The van der Waals surface area contributed by atoms with E-state index in [-0.39, 0.29) is 5.75 Å². The van der Waals surface area contributed by atoms with Crippen molar-refractivity contribution in [3.63, 3.8) is 0 Å². The van der Waals surface area contributed by atoms with E-state index in [4.69, 9.17) is 4.74 Å². The first-order chi connectivity index (χ1) is 6.68. The van der Waals surface area contributed by atoms with Crippen LogP contribution in [0.25, 0.3) is 0 Å². The standard InChI is InChI=1S/C11H15NO2/c1-12(2)9-6-8-4-3-5-10(13)11(8)14-7-9/h3-5,9,13H,6-7H2,1-2H3. The number of rotatable bonds is 1. The molecule has 76 valence electrons. The topological polar surface area (TPSA) is 32.7 Å². The van der Waals surface area contributed by atoms with Gasteiger partial charge in [0.2, 0.25) is 0 Å². The maximum Gasteiger partial charge on any atom is 0.164 e. The monoisotopic (exact) mass is 193 g/mol. The zero-order chi connectivity index (χ0) is 10.1. The number of para-hydroxylation sites is 1. The lowest BCUT2D eigenvalue weighted by Crippen LogP contribution is -2.38. The SMILES string of the molecule is CN(C)C1COc2c(O)cccc2C1. The van der Waals surface area contributed by atoms with Gasteiger partial charge in [-0.1, -0.05) is 12.1 Å². The van der Waals surface area contributed by atoms with Crippen molar-refractivity contribution in [2.24, 2.45) is 0 Å². The Labute approximate surface area is 83.9 Å². The Morgan fingerprint density at radius 3 is 2.93 bits per heavy atom. The number of hydrogen-bond donors (Lipinski definition) is 1. The lowest BCUT2D eigenvalue weighted by atomic mass is 10.0. The molecule has 1 atom stereocenters. The normalized spacial score (nSPS) is 20.4. The predicted octanol–water partition coefficient (Wildman–Crippen LogP) is 1.26. The van der Waals surface area contributed by atoms with Crippen LogP contribution in [0.4, 0.5) is 0 Å². The summed E-state index contributed by atoms with van der Waals surface area (Å²) in [5.74, 6) is 0.908. The number of hydrogen-bond acceptors (Lipinski definition) is 3. The highest BCUT2D eigenvalue weighted by atomic mass is 16.5. The lowest BCUT2D eigenvalue weighted by Gasteiger charge is -2.30. The van der Waals surface area contributed by atoms with E-state index in [9.17, 15) is 5.11 Å². The van der Waals surface area contributed by atoms with Gasteiger partial charge in [-0.15, -0.1) is 0 Å². The molecule has 1 N–H and O–H groups in total. The molecule has 1 heterocycles. The average molecular weight is 193 g/mol. The van der Waals surface area contributed by atoms with Crippen LogP contribution < -0.4 is 4.74 Å². The number of aromatic hydroxyl groups is 1. The Morgan fingerprint density at radius 1 is 1.43 bits per heavy atom. The molecule has 0 aromatic heterocycles. The molecule has 3 nitrogen and oxygen atoms in total. The van der Waals surface area contributed by atoms with Crippen LogP contribution in [-0.4, -0.2) is 36.8 Å². The van der Waals surface area contributed by atoms with Crippen LogP contribution in [0.1, 0.15) is 5.56 Å². The van der Waals surface area contributed by atoms with Gasteiger partial charge in [-0.3, -0.25) is 0 Å². The summed E-state index contributed by atoms with van der Waals surface area (Å²) in [7, 11) is 4.09. The molecule has 1 aromatic rings. The minimum atomic E-state index is 0.250. The van der Waals surface area contributed by atoms with Crippen molar-refractivity contribution in [2.75, 3.05) is 20.7 Å². The van der Waals surface area contributed by atoms with E-state index >= 15 is 0 Å². The molecular weight excluding hydrogens is 178 g/mol. The quantitative estimate of drug-likeness (QED) is 0.728. The Kier molecular flexibility index (Phi) is 2.33. The van der Waals surface area contributed by atoms with Crippen LogP contribution in [0.2, 0.25) is 0 Å². The molecule has 0 saturated heterocycles. The van der Waals surface area contributed by atoms with Gasteiger partial charge in [0, 0.05) is 6.04 Å². The molecule has 1 aromatic carbocycles. The number of phenols is 1. The molecule has 0 bridgehead atoms. The fraction of sp³-hybridized carbons (Fsp3) is 0.455. The smallest absolute Gasteiger partial charge is 0.164 e. The van der Waals surface area contributed by atoms with Crippen molar-refractivity contribution in [3.8, 4) is 11.5 Å². The molecular formula is C11H15NO2. The van der Waals surface area contributed by atoms with Gasteiger partial charge in [-0.25, -0.2) is 0 Å². The minimum absolute atomic E-state index is 0.250. The third-order valence-corrected chi connectivity index (χ3v) is 2.68.